The second-order valence-electron chi connectivity index (χ2n) is 3.33. The fourth-order valence-electron chi connectivity index (χ4n) is 1.41. The predicted octanol–water partition coefficient (Wildman–Crippen LogP) is 1.20. The summed E-state index contributed by atoms with van der Waals surface area (Å²) in [5, 5.41) is 7.83. The van der Waals surface area contributed by atoms with Crippen molar-refractivity contribution in [2.24, 2.45) is 0 Å². The van der Waals surface area contributed by atoms with E-state index >= 15 is 0 Å². The largest absolute Gasteiger partial charge is 0.302 e. The molecule has 0 N–H and O–H groups in total. The number of aromatic nitrogens is 3. The maximum Gasteiger partial charge on any atom is 0.221 e. The maximum atomic E-state index is 13.0. The van der Waals surface area contributed by atoms with Gasteiger partial charge < -0.3 is 4.57 Å². The lowest BCUT2D eigenvalue weighted by molar-refractivity contribution is 0.619. The van der Waals surface area contributed by atoms with E-state index in [9.17, 15) is 8.60 Å². The summed E-state index contributed by atoms with van der Waals surface area (Å²) < 4.78 is 25.9. The van der Waals surface area contributed by atoms with Crippen molar-refractivity contribution in [3.8, 4) is 0 Å². The number of rotatable bonds is 3. The van der Waals surface area contributed by atoms with Crippen LogP contribution in [0.25, 0.3) is 0 Å². The van der Waals surface area contributed by atoms with E-state index in [0.29, 0.717) is 11.7 Å². The number of halogens is 1. The molecule has 16 heavy (non-hydrogen) atoms. The predicted molar refractivity (Wildman–Crippen MR) is 57.9 cm³/mol. The van der Waals surface area contributed by atoms with Crippen LogP contribution in [-0.4, -0.2) is 25.2 Å². The van der Waals surface area contributed by atoms with Gasteiger partial charge in [-0.15, -0.1) is 10.2 Å². The first-order chi connectivity index (χ1) is 7.66. The average Bonchev–Trinajstić information content (AvgIpc) is 2.66. The summed E-state index contributed by atoms with van der Waals surface area (Å²) in [7, 11) is -1.19. The minimum Gasteiger partial charge on any atom is -0.302 e. The maximum absolute atomic E-state index is 13.0. The first kappa shape index (κ1) is 10.9. The van der Waals surface area contributed by atoms with Crippen LogP contribution in [0, 0.1) is 5.82 Å². The van der Waals surface area contributed by atoms with E-state index < -0.39 is 10.8 Å². The molecule has 0 spiro atoms. The summed E-state index contributed by atoms with van der Waals surface area (Å²) in [5.74, 6) is -0.287. The van der Waals surface area contributed by atoms with Gasteiger partial charge in [0.15, 0.2) is 0 Å². The van der Waals surface area contributed by atoms with Crippen molar-refractivity contribution in [3.63, 3.8) is 0 Å². The van der Waals surface area contributed by atoms with Gasteiger partial charge in [0.25, 0.3) is 0 Å². The SMILES string of the molecule is C[S@@](=O)c1nncn1Cc1cccc(F)c1. The standard InChI is InChI=1S/C10H10FN3OS/c1-16(15)10-13-12-7-14(10)6-8-3-2-4-9(11)5-8/h2-5,7H,6H2,1H3/t16-/m1/s1. The molecule has 0 aliphatic carbocycles. The minimum absolute atomic E-state index is 0.287. The van der Waals surface area contributed by atoms with Gasteiger partial charge in [0.2, 0.25) is 5.16 Å². The highest BCUT2D eigenvalue weighted by molar-refractivity contribution is 7.84. The van der Waals surface area contributed by atoms with E-state index in [1.807, 2.05) is 0 Å². The Morgan fingerprint density at radius 3 is 3.00 bits per heavy atom. The lowest BCUT2D eigenvalue weighted by Crippen LogP contribution is -2.05. The Morgan fingerprint density at radius 2 is 2.31 bits per heavy atom. The normalized spacial score (nSPS) is 12.6. The van der Waals surface area contributed by atoms with E-state index in [1.54, 1.807) is 16.7 Å². The third-order valence-electron chi connectivity index (χ3n) is 2.08. The molecule has 1 aromatic carbocycles. The molecule has 0 saturated carbocycles. The molecule has 4 nitrogen and oxygen atoms in total. The molecule has 1 aromatic heterocycles. The van der Waals surface area contributed by atoms with Gasteiger partial charge in [0, 0.05) is 6.26 Å². The topological polar surface area (TPSA) is 47.8 Å². The van der Waals surface area contributed by atoms with E-state index in [-0.39, 0.29) is 5.82 Å². The van der Waals surface area contributed by atoms with Crippen molar-refractivity contribution >= 4 is 10.8 Å². The van der Waals surface area contributed by atoms with Crippen molar-refractivity contribution < 1.29 is 8.60 Å². The molecule has 0 amide bonds. The van der Waals surface area contributed by atoms with Gasteiger partial charge in [-0.25, -0.2) is 4.39 Å². The van der Waals surface area contributed by atoms with Gasteiger partial charge in [0.1, 0.15) is 12.1 Å². The second-order valence-corrected chi connectivity index (χ2v) is 4.60. The highest BCUT2D eigenvalue weighted by Crippen LogP contribution is 2.08. The second kappa shape index (κ2) is 4.52. The van der Waals surface area contributed by atoms with Crippen LogP contribution in [0.2, 0.25) is 0 Å². The Bertz CT molecular complexity index is 526. The Balaban J connectivity index is 2.27. The van der Waals surface area contributed by atoms with Crippen LogP contribution in [0.3, 0.4) is 0 Å². The molecule has 0 aliphatic rings. The monoisotopic (exact) mass is 239 g/mol. The molecule has 0 fully saturated rings. The molecular formula is C10H10FN3OS. The van der Waals surface area contributed by atoms with E-state index in [4.69, 9.17) is 0 Å². The van der Waals surface area contributed by atoms with Gasteiger partial charge >= 0.3 is 0 Å². The van der Waals surface area contributed by atoms with Gasteiger partial charge in [-0.1, -0.05) is 12.1 Å². The van der Waals surface area contributed by atoms with Gasteiger partial charge in [-0.2, -0.15) is 0 Å². The first-order valence-electron chi connectivity index (χ1n) is 4.62. The fraction of sp³-hybridized carbons (Fsp3) is 0.200. The Hall–Kier alpha value is -1.56. The third kappa shape index (κ3) is 2.33. The summed E-state index contributed by atoms with van der Waals surface area (Å²) in [4.78, 5) is 0. The molecular weight excluding hydrogens is 229 g/mol. The average molecular weight is 239 g/mol. The van der Waals surface area contributed by atoms with Crippen molar-refractivity contribution in [3.05, 3.63) is 42.0 Å². The number of nitrogens with zero attached hydrogens (tertiary/aromatic N) is 3. The Labute approximate surface area is 94.6 Å². The van der Waals surface area contributed by atoms with Gasteiger partial charge in [-0.05, 0) is 17.7 Å². The first-order valence-corrected chi connectivity index (χ1v) is 6.18. The van der Waals surface area contributed by atoms with Gasteiger partial charge in [0.05, 0.1) is 17.3 Å². The zero-order valence-corrected chi connectivity index (χ0v) is 9.45. The fourth-order valence-corrected chi connectivity index (χ4v) is 2.01. The van der Waals surface area contributed by atoms with Crippen molar-refractivity contribution in [2.75, 3.05) is 6.26 Å². The smallest absolute Gasteiger partial charge is 0.221 e. The quantitative estimate of drug-likeness (QED) is 0.808. The molecule has 0 bridgehead atoms. The highest BCUT2D eigenvalue weighted by atomic mass is 32.2. The Morgan fingerprint density at radius 1 is 1.50 bits per heavy atom. The molecule has 1 atom stereocenters. The van der Waals surface area contributed by atoms with Crippen LogP contribution in [0.15, 0.2) is 35.7 Å². The van der Waals surface area contributed by atoms with Crippen LogP contribution >= 0.6 is 0 Å². The van der Waals surface area contributed by atoms with E-state index in [0.717, 1.165) is 5.56 Å². The zero-order valence-electron chi connectivity index (χ0n) is 8.63. The molecule has 6 heteroatoms. The van der Waals surface area contributed by atoms with E-state index in [1.165, 1.54) is 24.7 Å². The third-order valence-corrected chi connectivity index (χ3v) is 2.91. The molecule has 84 valence electrons. The van der Waals surface area contributed by atoms with Crippen LogP contribution in [0.5, 0.6) is 0 Å². The Kier molecular flexibility index (Phi) is 3.09. The molecule has 0 aliphatic heterocycles. The zero-order chi connectivity index (χ0) is 11.5. The lowest BCUT2D eigenvalue weighted by Gasteiger charge is -2.04. The number of benzene rings is 1. The summed E-state index contributed by atoms with van der Waals surface area (Å²) in [5.41, 5.74) is 0.784. The summed E-state index contributed by atoms with van der Waals surface area (Å²) >= 11 is 0. The number of hydrogen-bond acceptors (Lipinski definition) is 3. The van der Waals surface area contributed by atoms with Crippen molar-refractivity contribution in [1.29, 1.82) is 0 Å². The molecule has 0 radical (unpaired) electrons. The van der Waals surface area contributed by atoms with Crippen LogP contribution in [-0.2, 0) is 17.3 Å². The summed E-state index contributed by atoms with van der Waals surface area (Å²) in [6.45, 7) is 0.416. The highest BCUT2D eigenvalue weighted by Gasteiger charge is 2.08. The van der Waals surface area contributed by atoms with Crippen LogP contribution in [0.1, 0.15) is 5.56 Å². The van der Waals surface area contributed by atoms with Crippen molar-refractivity contribution in [2.45, 2.75) is 11.7 Å². The number of hydrogen-bond donors (Lipinski definition) is 0. The van der Waals surface area contributed by atoms with Crippen LogP contribution < -0.4 is 0 Å². The molecule has 2 aromatic rings. The molecule has 0 unspecified atom stereocenters. The minimum atomic E-state index is -1.19. The molecule has 2 rings (SSSR count). The molecule has 1 heterocycles. The summed E-state index contributed by atoms with van der Waals surface area (Å²) in [6.07, 6.45) is 3.02. The van der Waals surface area contributed by atoms with E-state index in [2.05, 4.69) is 10.2 Å². The molecule has 0 saturated heterocycles. The summed E-state index contributed by atoms with van der Waals surface area (Å²) in [6, 6.07) is 6.25. The van der Waals surface area contributed by atoms with Crippen LogP contribution in [0.4, 0.5) is 4.39 Å². The van der Waals surface area contributed by atoms with Gasteiger partial charge in [-0.3, -0.25) is 4.21 Å². The lowest BCUT2D eigenvalue weighted by atomic mass is 10.2. The van der Waals surface area contributed by atoms with Crippen molar-refractivity contribution in [1.82, 2.24) is 14.8 Å².